The van der Waals surface area contributed by atoms with Crippen molar-refractivity contribution in [3.8, 4) is 89.0 Å². The SMILES string of the molecule is CC(C)(C)c1ccc(-c2ccccc2-c2cc(-c3ccccc3-c3ccc(C(C)(C)C)cc3)c(-c3ccccc3-c3ccc(C(C)(C)C)cc3)cc2-c2ccccc2-c2ccc(C(C)(C)C)cc2)cc1. The van der Waals surface area contributed by atoms with Gasteiger partial charge in [-0.1, -0.05) is 277 Å². The Morgan fingerprint density at radius 2 is 0.329 bits per heavy atom. The second-order valence-corrected chi connectivity index (χ2v) is 23.4. The van der Waals surface area contributed by atoms with Crippen molar-refractivity contribution in [2.75, 3.05) is 0 Å². The number of rotatable bonds is 8. The highest BCUT2D eigenvalue weighted by Gasteiger charge is 2.25. The molecule has 0 saturated carbocycles. The first-order chi connectivity index (χ1) is 33.3. The van der Waals surface area contributed by atoms with Crippen LogP contribution in [0.5, 0.6) is 0 Å². The molecule has 0 aromatic heterocycles. The smallest absolute Gasteiger partial charge is 0.00923 e. The fraction of sp³-hybridized carbons (Fsp3) is 0.229. The number of hydrogen-bond acceptors (Lipinski definition) is 0. The molecule has 0 heterocycles. The molecular formula is C70H70. The molecule has 70 heavy (non-hydrogen) atoms. The summed E-state index contributed by atoms with van der Waals surface area (Å²) in [6.45, 7) is 27.4. The zero-order valence-electron chi connectivity index (χ0n) is 43.6. The molecule has 0 aliphatic rings. The predicted octanol–water partition coefficient (Wildman–Crippen LogP) is 20.2. The lowest BCUT2D eigenvalue weighted by Gasteiger charge is -2.24. The van der Waals surface area contributed by atoms with Gasteiger partial charge in [0, 0.05) is 0 Å². The van der Waals surface area contributed by atoms with Gasteiger partial charge in [-0.3, -0.25) is 0 Å². The summed E-state index contributed by atoms with van der Waals surface area (Å²) in [5, 5.41) is 0. The molecule has 0 heteroatoms. The lowest BCUT2D eigenvalue weighted by atomic mass is 9.79. The molecule has 0 unspecified atom stereocenters. The van der Waals surface area contributed by atoms with E-state index in [4.69, 9.17) is 0 Å². The van der Waals surface area contributed by atoms with Crippen molar-refractivity contribution in [3.63, 3.8) is 0 Å². The summed E-state index contributed by atoms with van der Waals surface area (Å²) in [7, 11) is 0. The molecule has 9 aromatic rings. The van der Waals surface area contributed by atoms with Crippen LogP contribution in [0.1, 0.15) is 105 Å². The fourth-order valence-electron chi connectivity index (χ4n) is 9.97. The lowest BCUT2D eigenvalue weighted by Crippen LogP contribution is -2.10. The van der Waals surface area contributed by atoms with Gasteiger partial charge in [-0.15, -0.1) is 0 Å². The summed E-state index contributed by atoms with van der Waals surface area (Å²) in [5.41, 5.74) is 24.7. The van der Waals surface area contributed by atoms with Crippen molar-refractivity contribution < 1.29 is 0 Å². The summed E-state index contributed by atoms with van der Waals surface area (Å²) >= 11 is 0. The molecule has 0 aliphatic carbocycles. The van der Waals surface area contributed by atoms with Crippen LogP contribution in [-0.4, -0.2) is 0 Å². The van der Waals surface area contributed by atoms with Gasteiger partial charge in [0.05, 0.1) is 0 Å². The van der Waals surface area contributed by atoms with Crippen LogP contribution in [-0.2, 0) is 21.7 Å². The van der Waals surface area contributed by atoms with Gasteiger partial charge in [0.15, 0.2) is 0 Å². The minimum Gasteiger partial charge on any atom is -0.0616 e. The lowest BCUT2D eigenvalue weighted by molar-refractivity contribution is 0.590. The zero-order valence-corrected chi connectivity index (χ0v) is 43.6. The highest BCUT2D eigenvalue weighted by molar-refractivity contribution is 6.04. The van der Waals surface area contributed by atoms with Gasteiger partial charge in [0.2, 0.25) is 0 Å². The summed E-state index contributed by atoms with van der Waals surface area (Å²) in [4.78, 5) is 0. The minimum absolute atomic E-state index is 0.0517. The Morgan fingerprint density at radius 1 is 0.171 bits per heavy atom. The molecule has 0 bridgehead atoms. The Morgan fingerprint density at radius 3 is 0.486 bits per heavy atom. The zero-order chi connectivity index (χ0) is 49.6. The van der Waals surface area contributed by atoms with Gasteiger partial charge in [-0.2, -0.15) is 0 Å². The molecule has 0 saturated heterocycles. The maximum absolute atomic E-state index is 2.52. The van der Waals surface area contributed by atoms with Gasteiger partial charge < -0.3 is 0 Å². The van der Waals surface area contributed by atoms with Crippen molar-refractivity contribution in [1.29, 1.82) is 0 Å². The molecule has 0 fully saturated rings. The van der Waals surface area contributed by atoms with Crippen LogP contribution < -0.4 is 0 Å². The second-order valence-electron chi connectivity index (χ2n) is 23.4. The van der Waals surface area contributed by atoms with Crippen LogP contribution in [0.4, 0.5) is 0 Å². The highest BCUT2D eigenvalue weighted by atomic mass is 14.3. The molecule has 0 atom stereocenters. The molecule has 0 nitrogen and oxygen atoms in total. The van der Waals surface area contributed by atoms with E-state index in [0.717, 1.165) is 0 Å². The molecule has 0 amide bonds. The van der Waals surface area contributed by atoms with Crippen LogP contribution in [0.3, 0.4) is 0 Å². The largest absolute Gasteiger partial charge is 0.0616 e. The van der Waals surface area contributed by atoms with E-state index < -0.39 is 0 Å². The monoisotopic (exact) mass is 911 g/mol. The molecule has 9 aromatic carbocycles. The molecule has 0 radical (unpaired) electrons. The third kappa shape index (κ3) is 9.88. The average Bonchev–Trinajstić information content (AvgIpc) is 3.35. The van der Waals surface area contributed by atoms with Crippen LogP contribution in [0, 0.1) is 0 Å². The normalized spacial score (nSPS) is 12.3. The maximum Gasteiger partial charge on any atom is -0.00923 e. The Labute approximate surface area is 420 Å². The van der Waals surface area contributed by atoms with Gasteiger partial charge >= 0.3 is 0 Å². The molecule has 0 N–H and O–H groups in total. The topological polar surface area (TPSA) is 0 Å². The van der Waals surface area contributed by atoms with Gasteiger partial charge in [0.25, 0.3) is 0 Å². The first-order valence-corrected chi connectivity index (χ1v) is 25.2. The summed E-state index contributed by atoms with van der Waals surface area (Å²) < 4.78 is 0. The van der Waals surface area contributed by atoms with Crippen molar-refractivity contribution in [3.05, 3.63) is 229 Å². The van der Waals surface area contributed by atoms with E-state index in [1.54, 1.807) is 0 Å². The highest BCUT2D eigenvalue weighted by Crippen LogP contribution is 2.50. The molecule has 9 rings (SSSR count). The quantitative estimate of drug-likeness (QED) is 0.142. The predicted molar refractivity (Wildman–Crippen MR) is 305 cm³/mol. The Kier molecular flexibility index (Phi) is 12.8. The fourth-order valence-corrected chi connectivity index (χ4v) is 9.97. The number of benzene rings is 9. The first-order valence-electron chi connectivity index (χ1n) is 25.2. The summed E-state index contributed by atoms with van der Waals surface area (Å²) in [6.07, 6.45) is 0. The van der Waals surface area contributed by atoms with Crippen molar-refractivity contribution >= 4 is 0 Å². The van der Waals surface area contributed by atoms with E-state index in [0.29, 0.717) is 0 Å². The van der Waals surface area contributed by atoms with Gasteiger partial charge in [0.1, 0.15) is 0 Å². The average molecular weight is 911 g/mol. The minimum atomic E-state index is 0.0517. The van der Waals surface area contributed by atoms with E-state index in [9.17, 15) is 0 Å². The van der Waals surface area contributed by atoms with E-state index in [2.05, 4.69) is 289 Å². The Bertz CT molecular complexity index is 2830. The molecule has 0 aliphatic heterocycles. The van der Waals surface area contributed by atoms with E-state index in [-0.39, 0.29) is 21.7 Å². The van der Waals surface area contributed by atoms with Crippen LogP contribution in [0.25, 0.3) is 89.0 Å². The van der Waals surface area contributed by atoms with Crippen molar-refractivity contribution in [2.45, 2.75) is 105 Å². The van der Waals surface area contributed by atoms with E-state index >= 15 is 0 Å². The Hall–Kier alpha value is -7.02. The van der Waals surface area contributed by atoms with Crippen LogP contribution >= 0.6 is 0 Å². The van der Waals surface area contributed by atoms with Gasteiger partial charge in [-0.25, -0.2) is 0 Å². The molecular weight excluding hydrogens is 841 g/mol. The van der Waals surface area contributed by atoms with Crippen LogP contribution in [0.15, 0.2) is 206 Å². The van der Waals surface area contributed by atoms with Crippen LogP contribution in [0.2, 0.25) is 0 Å². The van der Waals surface area contributed by atoms with Crippen molar-refractivity contribution in [2.24, 2.45) is 0 Å². The second kappa shape index (κ2) is 18.7. The number of hydrogen-bond donors (Lipinski definition) is 0. The van der Waals surface area contributed by atoms with Gasteiger partial charge in [-0.05, 0) is 145 Å². The van der Waals surface area contributed by atoms with E-state index in [1.165, 1.54) is 111 Å². The standard InChI is InChI=1S/C70H70/c1-67(2,3)51-37-29-47(30-38-51)55-21-13-17-25-59(55)63-45-65(61-27-19-15-23-57(61)49-33-41-53(42-34-49)69(7,8)9)66(62-28-20-16-24-58(62)50-35-43-54(44-36-50)70(10,11)12)46-64(63)60-26-18-14-22-56(60)48-31-39-52(40-32-48)68(4,5)6/h13-46H,1-12H3. The molecule has 0 spiro atoms. The summed E-state index contributed by atoms with van der Waals surface area (Å²) in [6, 6.07) is 78.2. The first kappa shape index (κ1) is 48.0. The third-order valence-electron chi connectivity index (χ3n) is 14.3. The third-order valence-corrected chi connectivity index (χ3v) is 14.3. The van der Waals surface area contributed by atoms with Crippen molar-refractivity contribution in [1.82, 2.24) is 0 Å². The maximum atomic E-state index is 2.52. The molecule has 350 valence electrons. The summed E-state index contributed by atoms with van der Waals surface area (Å²) in [5.74, 6) is 0. The Balaban J connectivity index is 1.38. The van der Waals surface area contributed by atoms with E-state index in [1.807, 2.05) is 0 Å².